The summed E-state index contributed by atoms with van der Waals surface area (Å²) < 4.78 is 4.80. The van der Waals surface area contributed by atoms with Crippen molar-refractivity contribution in [3.05, 3.63) is 48.0 Å². The first-order valence-corrected chi connectivity index (χ1v) is 7.51. The smallest absolute Gasteiger partial charge is 0.325 e. The number of likely N-dealkylation sites (N-methyl/N-ethyl adjacent to an activating group) is 1. The van der Waals surface area contributed by atoms with Gasteiger partial charge in [0.05, 0.1) is 6.61 Å². The maximum absolute atomic E-state index is 11.9. The lowest BCUT2D eigenvalue weighted by molar-refractivity contribution is -0.147. The van der Waals surface area contributed by atoms with E-state index < -0.39 is 11.9 Å². The molecule has 124 valence electrons. The summed E-state index contributed by atoms with van der Waals surface area (Å²) in [5, 5.41) is 2.68. The van der Waals surface area contributed by atoms with Crippen LogP contribution in [0.25, 0.3) is 0 Å². The third-order valence-electron chi connectivity index (χ3n) is 3.01. The van der Waals surface area contributed by atoms with Crippen molar-refractivity contribution in [2.75, 3.05) is 19.7 Å². The first-order valence-electron chi connectivity index (χ1n) is 7.51. The number of rotatable bonds is 8. The zero-order valence-electron chi connectivity index (χ0n) is 13.5. The molecule has 6 nitrogen and oxygen atoms in total. The van der Waals surface area contributed by atoms with Gasteiger partial charge >= 0.3 is 5.97 Å². The van der Waals surface area contributed by atoms with Crippen molar-refractivity contribution in [1.82, 2.24) is 10.2 Å². The Morgan fingerprint density at radius 3 is 2.43 bits per heavy atom. The minimum absolute atomic E-state index is 0.126. The molecule has 0 aliphatic carbocycles. The fourth-order valence-corrected chi connectivity index (χ4v) is 1.80. The van der Waals surface area contributed by atoms with Gasteiger partial charge in [0.25, 0.3) is 0 Å². The lowest BCUT2D eigenvalue weighted by Crippen LogP contribution is -2.35. The van der Waals surface area contributed by atoms with Gasteiger partial charge in [-0.15, -0.1) is 0 Å². The zero-order chi connectivity index (χ0) is 17.1. The first kappa shape index (κ1) is 18.4. The van der Waals surface area contributed by atoms with Crippen molar-refractivity contribution in [1.29, 1.82) is 0 Å². The van der Waals surface area contributed by atoms with Crippen molar-refractivity contribution in [2.24, 2.45) is 0 Å². The summed E-state index contributed by atoms with van der Waals surface area (Å²) in [6, 6.07) is 9.46. The van der Waals surface area contributed by atoms with Crippen molar-refractivity contribution in [3.63, 3.8) is 0 Å². The number of ether oxygens (including phenoxy) is 1. The van der Waals surface area contributed by atoms with Gasteiger partial charge in [0.15, 0.2) is 0 Å². The number of hydrogen-bond donors (Lipinski definition) is 1. The summed E-state index contributed by atoms with van der Waals surface area (Å²) >= 11 is 0. The number of hydrogen-bond acceptors (Lipinski definition) is 4. The fraction of sp³-hybridized carbons (Fsp3) is 0.353. The van der Waals surface area contributed by atoms with Gasteiger partial charge in [0, 0.05) is 25.2 Å². The fourth-order valence-electron chi connectivity index (χ4n) is 1.80. The van der Waals surface area contributed by atoms with Crippen LogP contribution in [0.5, 0.6) is 0 Å². The van der Waals surface area contributed by atoms with Crippen molar-refractivity contribution in [2.45, 2.75) is 20.4 Å². The van der Waals surface area contributed by atoms with Gasteiger partial charge in [0.2, 0.25) is 11.8 Å². The number of esters is 1. The molecule has 1 aromatic rings. The number of amides is 2. The Hall–Kier alpha value is -2.63. The third-order valence-corrected chi connectivity index (χ3v) is 3.01. The summed E-state index contributed by atoms with van der Waals surface area (Å²) in [5.74, 6) is -1.24. The van der Waals surface area contributed by atoms with Crippen LogP contribution in [0.4, 0.5) is 0 Å². The largest absolute Gasteiger partial charge is 0.465 e. The molecule has 2 amide bonds. The molecule has 1 rings (SSSR count). The van der Waals surface area contributed by atoms with E-state index in [0.717, 1.165) is 11.6 Å². The molecule has 0 saturated heterocycles. The van der Waals surface area contributed by atoms with Gasteiger partial charge < -0.3 is 15.0 Å². The summed E-state index contributed by atoms with van der Waals surface area (Å²) in [4.78, 5) is 36.3. The zero-order valence-corrected chi connectivity index (χ0v) is 13.5. The maximum atomic E-state index is 11.9. The van der Waals surface area contributed by atoms with E-state index in [-0.39, 0.29) is 19.1 Å². The summed E-state index contributed by atoms with van der Waals surface area (Å²) in [6.07, 6.45) is 2.32. The van der Waals surface area contributed by atoms with Crippen LogP contribution in [0.1, 0.15) is 19.4 Å². The molecule has 0 aliphatic heterocycles. The summed E-state index contributed by atoms with van der Waals surface area (Å²) in [6.45, 7) is 4.33. The molecule has 0 radical (unpaired) electrons. The van der Waals surface area contributed by atoms with Gasteiger partial charge in [-0.05, 0) is 19.4 Å². The summed E-state index contributed by atoms with van der Waals surface area (Å²) in [5.41, 5.74) is 0.970. The normalized spacial score (nSPS) is 10.3. The van der Waals surface area contributed by atoms with Crippen LogP contribution < -0.4 is 5.32 Å². The SMILES string of the molecule is CCOC(=O)CN(CC)C(=O)/C=C/C(=O)NCc1ccccc1. The number of benzene rings is 1. The van der Waals surface area contributed by atoms with Crippen LogP contribution in [-0.2, 0) is 25.7 Å². The van der Waals surface area contributed by atoms with Crippen LogP contribution in [0, 0.1) is 0 Å². The van der Waals surface area contributed by atoms with E-state index in [1.807, 2.05) is 30.3 Å². The van der Waals surface area contributed by atoms with Gasteiger partial charge in [0.1, 0.15) is 6.54 Å². The molecular formula is C17H22N2O4. The van der Waals surface area contributed by atoms with E-state index >= 15 is 0 Å². The maximum Gasteiger partial charge on any atom is 0.325 e. The summed E-state index contributed by atoms with van der Waals surface area (Å²) in [7, 11) is 0. The highest BCUT2D eigenvalue weighted by atomic mass is 16.5. The van der Waals surface area contributed by atoms with Gasteiger partial charge in [-0.25, -0.2) is 0 Å². The highest BCUT2D eigenvalue weighted by Gasteiger charge is 2.14. The Labute approximate surface area is 136 Å². The first-order chi connectivity index (χ1) is 11.1. The average Bonchev–Trinajstić information content (AvgIpc) is 2.56. The van der Waals surface area contributed by atoms with E-state index in [9.17, 15) is 14.4 Å². The van der Waals surface area contributed by atoms with Gasteiger partial charge in [-0.2, -0.15) is 0 Å². The molecule has 0 atom stereocenters. The van der Waals surface area contributed by atoms with Crippen molar-refractivity contribution < 1.29 is 19.1 Å². The molecule has 0 fully saturated rings. The number of nitrogens with one attached hydrogen (secondary N) is 1. The lowest BCUT2D eigenvalue weighted by Gasteiger charge is -2.17. The van der Waals surface area contributed by atoms with E-state index in [2.05, 4.69) is 5.32 Å². The number of nitrogens with zero attached hydrogens (tertiary/aromatic N) is 1. The minimum Gasteiger partial charge on any atom is -0.465 e. The van der Waals surface area contributed by atoms with Crippen LogP contribution in [-0.4, -0.2) is 42.4 Å². The van der Waals surface area contributed by atoms with Gasteiger partial charge in [-0.1, -0.05) is 30.3 Å². The Morgan fingerprint density at radius 2 is 1.83 bits per heavy atom. The topological polar surface area (TPSA) is 75.7 Å². The Bertz CT molecular complexity index is 555. The molecule has 0 saturated carbocycles. The molecule has 23 heavy (non-hydrogen) atoms. The lowest BCUT2D eigenvalue weighted by atomic mass is 10.2. The van der Waals surface area contributed by atoms with E-state index in [4.69, 9.17) is 4.74 Å². The second kappa shape index (κ2) is 10.2. The monoisotopic (exact) mass is 318 g/mol. The molecule has 0 bridgehead atoms. The van der Waals surface area contributed by atoms with Crippen molar-refractivity contribution in [3.8, 4) is 0 Å². The standard InChI is InChI=1S/C17H22N2O4/c1-3-19(13-17(22)23-4-2)16(21)11-10-15(20)18-12-14-8-6-5-7-9-14/h5-11H,3-4,12-13H2,1-2H3,(H,18,20)/b11-10+. The predicted octanol–water partition coefficient (Wildman–Crippen LogP) is 1.27. The Balaban J connectivity index is 2.45. The molecule has 0 aromatic heterocycles. The Morgan fingerprint density at radius 1 is 1.13 bits per heavy atom. The van der Waals surface area contributed by atoms with Crippen molar-refractivity contribution >= 4 is 17.8 Å². The van der Waals surface area contributed by atoms with Crippen LogP contribution in [0.15, 0.2) is 42.5 Å². The molecule has 0 spiro atoms. The highest BCUT2D eigenvalue weighted by Crippen LogP contribution is 1.97. The number of carbonyl (C=O) groups is 3. The Kier molecular flexibility index (Phi) is 8.13. The van der Waals surface area contributed by atoms with E-state index in [1.54, 1.807) is 13.8 Å². The van der Waals surface area contributed by atoms with Gasteiger partial charge in [-0.3, -0.25) is 14.4 Å². The van der Waals surface area contributed by atoms with E-state index in [1.165, 1.54) is 11.0 Å². The van der Waals surface area contributed by atoms with Crippen LogP contribution in [0.2, 0.25) is 0 Å². The molecule has 6 heteroatoms. The average molecular weight is 318 g/mol. The highest BCUT2D eigenvalue weighted by molar-refractivity contribution is 5.97. The van der Waals surface area contributed by atoms with Crippen LogP contribution in [0.3, 0.4) is 0 Å². The predicted molar refractivity (Wildman–Crippen MR) is 86.3 cm³/mol. The quantitative estimate of drug-likeness (QED) is 0.578. The van der Waals surface area contributed by atoms with E-state index in [0.29, 0.717) is 13.1 Å². The number of carbonyl (C=O) groups excluding carboxylic acids is 3. The molecular weight excluding hydrogens is 296 g/mol. The second-order valence-corrected chi connectivity index (χ2v) is 4.69. The molecule has 1 aromatic carbocycles. The molecule has 1 N–H and O–H groups in total. The molecule has 0 unspecified atom stereocenters. The molecule has 0 heterocycles. The second-order valence-electron chi connectivity index (χ2n) is 4.69. The molecule has 0 aliphatic rings. The van der Waals surface area contributed by atoms with Crippen LogP contribution >= 0.6 is 0 Å². The minimum atomic E-state index is -0.468. The third kappa shape index (κ3) is 7.26.